The van der Waals surface area contributed by atoms with Crippen LogP contribution in [-0.4, -0.2) is 55.2 Å². The van der Waals surface area contributed by atoms with Crippen LogP contribution in [0.15, 0.2) is 18.2 Å². The summed E-state index contributed by atoms with van der Waals surface area (Å²) < 4.78 is 19.3. The molecular formula is C16H24FN3O. The van der Waals surface area contributed by atoms with Crippen LogP contribution < -0.4 is 5.73 Å². The van der Waals surface area contributed by atoms with Crippen molar-refractivity contribution in [1.82, 2.24) is 9.80 Å². The number of nitrogen functional groups attached to an aromatic ring is 1. The Kier molecular flexibility index (Phi) is 4.73. The third-order valence-corrected chi connectivity index (χ3v) is 4.59. The monoisotopic (exact) mass is 293 g/mol. The molecule has 4 nitrogen and oxygen atoms in total. The SMILES string of the molecule is Nc1ccc(CN2CCN(C3CCOCC3)CC2)c(F)c1. The first-order valence-electron chi connectivity index (χ1n) is 7.80. The molecule has 0 radical (unpaired) electrons. The molecule has 2 aliphatic heterocycles. The van der Waals surface area contributed by atoms with Crippen LogP contribution in [0, 0.1) is 5.82 Å². The van der Waals surface area contributed by atoms with Gasteiger partial charge in [0.25, 0.3) is 0 Å². The highest BCUT2D eigenvalue weighted by Crippen LogP contribution is 2.19. The molecule has 1 aromatic rings. The molecule has 0 aromatic heterocycles. The second-order valence-corrected chi connectivity index (χ2v) is 6.01. The minimum absolute atomic E-state index is 0.193. The average Bonchev–Trinajstić information content (AvgIpc) is 2.52. The van der Waals surface area contributed by atoms with Gasteiger partial charge in [0, 0.05) is 63.2 Å². The molecule has 2 fully saturated rings. The molecule has 21 heavy (non-hydrogen) atoms. The average molecular weight is 293 g/mol. The van der Waals surface area contributed by atoms with Crippen molar-refractivity contribution in [2.75, 3.05) is 45.1 Å². The van der Waals surface area contributed by atoms with Gasteiger partial charge in [0.2, 0.25) is 0 Å². The number of rotatable bonds is 3. The summed E-state index contributed by atoms with van der Waals surface area (Å²) in [5, 5.41) is 0. The number of piperazine rings is 1. The van der Waals surface area contributed by atoms with Crippen LogP contribution in [0.25, 0.3) is 0 Å². The van der Waals surface area contributed by atoms with Gasteiger partial charge in [0.1, 0.15) is 5.82 Å². The second-order valence-electron chi connectivity index (χ2n) is 6.01. The first-order chi connectivity index (χ1) is 10.2. The fourth-order valence-electron chi connectivity index (χ4n) is 3.27. The molecule has 0 spiro atoms. The number of hydrogen-bond acceptors (Lipinski definition) is 4. The summed E-state index contributed by atoms with van der Waals surface area (Å²) in [6.45, 7) is 6.60. The number of nitrogens with two attached hydrogens (primary N) is 1. The molecule has 116 valence electrons. The van der Waals surface area contributed by atoms with E-state index in [2.05, 4.69) is 9.80 Å². The van der Waals surface area contributed by atoms with Gasteiger partial charge in [-0.15, -0.1) is 0 Å². The molecule has 2 aliphatic rings. The molecule has 0 bridgehead atoms. The van der Waals surface area contributed by atoms with Crippen molar-refractivity contribution in [3.05, 3.63) is 29.6 Å². The molecule has 0 unspecified atom stereocenters. The minimum Gasteiger partial charge on any atom is -0.399 e. The zero-order chi connectivity index (χ0) is 14.7. The number of ether oxygens (including phenoxy) is 1. The molecule has 0 saturated carbocycles. The van der Waals surface area contributed by atoms with Gasteiger partial charge < -0.3 is 10.5 Å². The van der Waals surface area contributed by atoms with E-state index in [4.69, 9.17) is 10.5 Å². The van der Waals surface area contributed by atoms with Gasteiger partial charge in [-0.2, -0.15) is 0 Å². The van der Waals surface area contributed by atoms with Gasteiger partial charge >= 0.3 is 0 Å². The Bertz CT molecular complexity index is 469. The van der Waals surface area contributed by atoms with Crippen LogP contribution in [0.4, 0.5) is 10.1 Å². The van der Waals surface area contributed by atoms with Crippen LogP contribution in [0.3, 0.4) is 0 Å². The largest absolute Gasteiger partial charge is 0.399 e. The molecule has 0 atom stereocenters. The van der Waals surface area contributed by atoms with Crippen molar-refractivity contribution in [2.24, 2.45) is 0 Å². The normalized spacial score (nSPS) is 22.5. The van der Waals surface area contributed by atoms with Gasteiger partial charge in [-0.25, -0.2) is 4.39 Å². The lowest BCUT2D eigenvalue weighted by Gasteiger charge is -2.40. The van der Waals surface area contributed by atoms with Crippen LogP contribution in [-0.2, 0) is 11.3 Å². The van der Waals surface area contributed by atoms with E-state index in [9.17, 15) is 4.39 Å². The third kappa shape index (κ3) is 3.73. The zero-order valence-electron chi connectivity index (χ0n) is 12.4. The van der Waals surface area contributed by atoms with Crippen LogP contribution >= 0.6 is 0 Å². The summed E-state index contributed by atoms with van der Waals surface area (Å²) in [6, 6.07) is 5.66. The molecule has 0 aliphatic carbocycles. The first kappa shape index (κ1) is 14.8. The standard InChI is InChI=1S/C16H24FN3O/c17-16-11-14(18)2-1-13(16)12-19-5-7-20(8-6-19)15-3-9-21-10-4-15/h1-2,11,15H,3-10,12,18H2. The summed E-state index contributed by atoms with van der Waals surface area (Å²) in [5.41, 5.74) is 6.82. The Morgan fingerprint density at radius 3 is 2.52 bits per heavy atom. The lowest BCUT2D eigenvalue weighted by Crippen LogP contribution is -2.51. The van der Waals surface area contributed by atoms with Gasteiger partial charge in [0.15, 0.2) is 0 Å². The maximum Gasteiger partial charge on any atom is 0.129 e. The summed E-state index contributed by atoms with van der Waals surface area (Å²) in [6.07, 6.45) is 2.29. The van der Waals surface area contributed by atoms with Crippen LogP contribution in [0.2, 0.25) is 0 Å². The first-order valence-corrected chi connectivity index (χ1v) is 7.80. The van der Waals surface area contributed by atoms with Crippen molar-refractivity contribution in [3.63, 3.8) is 0 Å². The van der Waals surface area contributed by atoms with Crippen LogP contribution in [0.1, 0.15) is 18.4 Å². The van der Waals surface area contributed by atoms with Crippen LogP contribution in [0.5, 0.6) is 0 Å². The Labute approximate surface area is 125 Å². The molecule has 2 saturated heterocycles. The predicted molar refractivity (Wildman–Crippen MR) is 81.5 cm³/mol. The van der Waals surface area contributed by atoms with E-state index in [1.807, 2.05) is 0 Å². The lowest BCUT2D eigenvalue weighted by molar-refractivity contribution is 0.0125. The van der Waals surface area contributed by atoms with Crippen molar-refractivity contribution in [1.29, 1.82) is 0 Å². The molecule has 0 amide bonds. The Morgan fingerprint density at radius 2 is 1.86 bits per heavy atom. The molecular weight excluding hydrogens is 269 g/mol. The Morgan fingerprint density at radius 1 is 1.14 bits per heavy atom. The van der Waals surface area contributed by atoms with E-state index in [-0.39, 0.29) is 5.82 Å². The highest BCUT2D eigenvalue weighted by atomic mass is 19.1. The van der Waals surface area contributed by atoms with E-state index in [0.717, 1.165) is 57.8 Å². The van der Waals surface area contributed by atoms with Crippen molar-refractivity contribution >= 4 is 5.69 Å². The highest BCUT2D eigenvalue weighted by molar-refractivity contribution is 5.40. The van der Waals surface area contributed by atoms with E-state index in [1.165, 1.54) is 6.07 Å². The fourth-order valence-corrected chi connectivity index (χ4v) is 3.27. The van der Waals surface area contributed by atoms with Gasteiger partial charge in [-0.1, -0.05) is 6.07 Å². The molecule has 2 heterocycles. The maximum absolute atomic E-state index is 13.8. The zero-order valence-corrected chi connectivity index (χ0v) is 12.4. The smallest absolute Gasteiger partial charge is 0.129 e. The maximum atomic E-state index is 13.8. The lowest BCUT2D eigenvalue weighted by atomic mass is 10.1. The van der Waals surface area contributed by atoms with Gasteiger partial charge in [-0.3, -0.25) is 9.80 Å². The van der Waals surface area contributed by atoms with Crippen molar-refractivity contribution in [3.8, 4) is 0 Å². The molecule has 2 N–H and O–H groups in total. The second kappa shape index (κ2) is 6.73. The van der Waals surface area contributed by atoms with Crippen molar-refractivity contribution in [2.45, 2.75) is 25.4 Å². The van der Waals surface area contributed by atoms with E-state index < -0.39 is 0 Å². The number of benzene rings is 1. The molecule has 3 rings (SSSR count). The fraction of sp³-hybridized carbons (Fsp3) is 0.625. The van der Waals surface area contributed by atoms with E-state index >= 15 is 0 Å². The number of halogens is 1. The number of hydrogen-bond donors (Lipinski definition) is 1. The molecule has 5 heteroatoms. The quantitative estimate of drug-likeness (QED) is 0.862. The van der Waals surface area contributed by atoms with Crippen molar-refractivity contribution < 1.29 is 9.13 Å². The number of nitrogens with zero attached hydrogens (tertiary/aromatic N) is 2. The Hall–Kier alpha value is -1.17. The van der Waals surface area contributed by atoms with E-state index in [1.54, 1.807) is 12.1 Å². The Balaban J connectivity index is 1.51. The predicted octanol–water partition coefficient (Wildman–Crippen LogP) is 1.70. The summed E-state index contributed by atoms with van der Waals surface area (Å²) in [5.74, 6) is -0.193. The highest BCUT2D eigenvalue weighted by Gasteiger charge is 2.25. The minimum atomic E-state index is -0.193. The summed E-state index contributed by atoms with van der Waals surface area (Å²) >= 11 is 0. The number of anilines is 1. The van der Waals surface area contributed by atoms with Gasteiger partial charge in [0.05, 0.1) is 0 Å². The van der Waals surface area contributed by atoms with Gasteiger partial charge in [-0.05, 0) is 25.0 Å². The molecule has 1 aromatic carbocycles. The summed E-state index contributed by atoms with van der Waals surface area (Å²) in [7, 11) is 0. The topological polar surface area (TPSA) is 41.7 Å². The van der Waals surface area contributed by atoms with E-state index in [0.29, 0.717) is 18.3 Å². The third-order valence-electron chi connectivity index (χ3n) is 4.59. The summed E-state index contributed by atoms with van der Waals surface area (Å²) in [4.78, 5) is 4.89.